The highest BCUT2D eigenvalue weighted by Gasteiger charge is 2.29. The third-order valence-corrected chi connectivity index (χ3v) is 2.59. The summed E-state index contributed by atoms with van der Waals surface area (Å²) in [7, 11) is 0. The quantitative estimate of drug-likeness (QED) is 0.719. The fourth-order valence-electron chi connectivity index (χ4n) is 1.04. The van der Waals surface area contributed by atoms with Gasteiger partial charge in [-0.3, -0.25) is 4.79 Å². The fourth-order valence-corrected chi connectivity index (χ4v) is 1.04. The number of hydrogen-bond donors (Lipinski definition) is 2. The smallest absolute Gasteiger partial charge is 0.227 e. The molecule has 0 saturated carbocycles. The maximum absolute atomic E-state index is 11.7. The van der Waals surface area contributed by atoms with Gasteiger partial charge in [0.15, 0.2) is 5.82 Å². The van der Waals surface area contributed by atoms with Gasteiger partial charge in [0.05, 0.1) is 12.0 Å². The number of nitrogens with two attached hydrogens (primary N) is 1. The molecule has 0 radical (unpaired) electrons. The lowest BCUT2D eigenvalue weighted by atomic mass is 9.87. The van der Waals surface area contributed by atoms with Crippen molar-refractivity contribution in [2.75, 3.05) is 6.54 Å². The van der Waals surface area contributed by atoms with Crippen molar-refractivity contribution in [3.8, 4) is 0 Å². The highest BCUT2D eigenvalue weighted by molar-refractivity contribution is 5.82. The number of aromatic nitrogens is 2. The predicted octanol–water partition coefficient (Wildman–Crippen LogP) is 0.0608. The zero-order chi connectivity index (χ0) is 11.3. The summed E-state index contributed by atoms with van der Waals surface area (Å²) < 4.78 is 4.55. The van der Waals surface area contributed by atoms with Crippen LogP contribution >= 0.6 is 0 Å². The van der Waals surface area contributed by atoms with E-state index >= 15 is 0 Å². The lowest BCUT2D eigenvalue weighted by molar-refractivity contribution is -0.130. The molecule has 1 aromatic heterocycles. The van der Waals surface area contributed by atoms with E-state index in [1.165, 1.54) is 6.39 Å². The van der Waals surface area contributed by atoms with E-state index in [9.17, 15) is 4.79 Å². The topological polar surface area (TPSA) is 94.0 Å². The lowest BCUT2D eigenvalue weighted by Gasteiger charge is -2.24. The molecule has 1 amide bonds. The molecule has 6 heteroatoms. The third kappa shape index (κ3) is 2.76. The largest absolute Gasteiger partial charge is 0.348 e. The monoisotopic (exact) mass is 212 g/mol. The van der Waals surface area contributed by atoms with Crippen molar-refractivity contribution in [2.45, 2.75) is 26.8 Å². The summed E-state index contributed by atoms with van der Waals surface area (Å²) in [6.07, 6.45) is 1.92. The van der Waals surface area contributed by atoms with Gasteiger partial charge >= 0.3 is 0 Å². The summed E-state index contributed by atoms with van der Waals surface area (Å²) in [5, 5.41) is 6.31. The molecule has 84 valence electrons. The summed E-state index contributed by atoms with van der Waals surface area (Å²) >= 11 is 0. The zero-order valence-corrected chi connectivity index (χ0v) is 8.99. The van der Waals surface area contributed by atoms with Gasteiger partial charge in [-0.25, -0.2) is 0 Å². The van der Waals surface area contributed by atoms with E-state index in [4.69, 9.17) is 5.73 Å². The van der Waals surface area contributed by atoms with Crippen LogP contribution in [0.1, 0.15) is 26.1 Å². The molecule has 1 rings (SSSR count). The molecule has 0 aliphatic carbocycles. The minimum Gasteiger partial charge on any atom is -0.348 e. The number of amides is 1. The molecule has 1 aromatic rings. The van der Waals surface area contributed by atoms with E-state index in [2.05, 4.69) is 20.0 Å². The second kappa shape index (κ2) is 4.88. The number of rotatable bonds is 5. The SMILES string of the molecule is CCC(C)(CN)C(=O)NCc1ncon1. The normalized spacial score (nSPS) is 14.6. The average molecular weight is 212 g/mol. The molecular weight excluding hydrogens is 196 g/mol. The predicted molar refractivity (Wildman–Crippen MR) is 53.6 cm³/mol. The first kappa shape index (κ1) is 11.6. The molecule has 0 aliphatic rings. The second-order valence-corrected chi connectivity index (χ2v) is 3.65. The van der Waals surface area contributed by atoms with Crippen LogP contribution in [-0.2, 0) is 11.3 Å². The van der Waals surface area contributed by atoms with Crippen molar-refractivity contribution in [2.24, 2.45) is 11.1 Å². The van der Waals surface area contributed by atoms with Gasteiger partial charge in [0.1, 0.15) is 0 Å². The van der Waals surface area contributed by atoms with Crippen LogP contribution in [0.25, 0.3) is 0 Å². The van der Waals surface area contributed by atoms with E-state index in [0.29, 0.717) is 18.8 Å². The minimum absolute atomic E-state index is 0.0858. The van der Waals surface area contributed by atoms with Crippen molar-refractivity contribution in [1.29, 1.82) is 0 Å². The van der Waals surface area contributed by atoms with Crippen LogP contribution in [0.3, 0.4) is 0 Å². The Morgan fingerprint density at radius 2 is 2.47 bits per heavy atom. The summed E-state index contributed by atoms with van der Waals surface area (Å²) in [6.45, 7) is 4.35. The van der Waals surface area contributed by atoms with Crippen molar-refractivity contribution in [1.82, 2.24) is 15.5 Å². The van der Waals surface area contributed by atoms with E-state index < -0.39 is 5.41 Å². The van der Waals surface area contributed by atoms with Gasteiger partial charge in [0.2, 0.25) is 12.3 Å². The maximum atomic E-state index is 11.7. The van der Waals surface area contributed by atoms with Crippen LogP contribution in [-0.4, -0.2) is 22.6 Å². The van der Waals surface area contributed by atoms with E-state index in [-0.39, 0.29) is 12.5 Å². The summed E-state index contributed by atoms with van der Waals surface area (Å²) in [6, 6.07) is 0. The minimum atomic E-state index is -0.524. The van der Waals surface area contributed by atoms with Crippen LogP contribution < -0.4 is 11.1 Å². The zero-order valence-electron chi connectivity index (χ0n) is 8.99. The molecule has 15 heavy (non-hydrogen) atoms. The Balaban J connectivity index is 2.48. The summed E-state index contributed by atoms with van der Waals surface area (Å²) in [5.41, 5.74) is 5.03. The van der Waals surface area contributed by atoms with Crippen LogP contribution in [0.15, 0.2) is 10.9 Å². The molecule has 0 spiro atoms. The van der Waals surface area contributed by atoms with Gasteiger partial charge in [-0.15, -0.1) is 0 Å². The van der Waals surface area contributed by atoms with E-state index in [0.717, 1.165) is 0 Å². The van der Waals surface area contributed by atoms with Crippen LogP contribution in [0, 0.1) is 5.41 Å². The van der Waals surface area contributed by atoms with Gasteiger partial charge in [-0.2, -0.15) is 4.98 Å². The van der Waals surface area contributed by atoms with Crippen LogP contribution in [0.5, 0.6) is 0 Å². The molecule has 0 fully saturated rings. The van der Waals surface area contributed by atoms with Crippen molar-refractivity contribution in [3.05, 3.63) is 12.2 Å². The molecule has 0 aliphatic heterocycles. The molecule has 0 bridgehead atoms. The van der Waals surface area contributed by atoms with Gasteiger partial charge in [-0.05, 0) is 13.3 Å². The van der Waals surface area contributed by atoms with E-state index in [1.54, 1.807) is 0 Å². The maximum Gasteiger partial charge on any atom is 0.227 e. The molecule has 1 heterocycles. The highest BCUT2D eigenvalue weighted by atomic mass is 16.5. The summed E-state index contributed by atoms with van der Waals surface area (Å²) in [5.74, 6) is 0.371. The average Bonchev–Trinajstić information content (AvgIpc) is 2.77. The van der Waals surface area contributed by atoms with Crippen molar-refractivity contribution >= 4 is 5.91 Å². The third-order valence-electron chi connectivity index (χ3n) is 2.59. The Kier molecular flexibility index (Phi) is 3.79. The number of nitrogens with one attached hydrogen (secondary N) is 1. The fraction of sp³-hybridized carbons (Fsp3) is 0.667. The first-order valence-corrected chi connectivity index (χ1v) is 4.86. The van der Waals surface area contributed by atoms with Crippen molar-refractivity contribution in [3.63, 3.8) is 0 Å². The number of carbonyl (C=O) groups excluding carboxylic acids is 1. The van der Waals surface area contributed by atoms with Crippen molar-refractivity contribution < 1.29 is 9.32 Å². The first-order chi connectivity index (χ1) is 7.12. The number of hydrogen-bond acceptors (Lipinski definition) is 5. The van der Waals surface area contributed by atoms with Gasteiger partial charge in [0, 0.05) is 6.54 Å². The Morgan fingerprint density at radius 1 is 1.73 bits per heavy atom. The molecule has 3 N–H and O–H groups in total. The second-order valence-electron chi connectivity index (χ2n) is 3.65. The lowest BCUT2D eigenvalue weighted by Crippen LogP contribution is -2.43. The number of nitrogens with zero attached hydrogens (tertiary/aromatic N) is 2. The Morgan fingerprint density at radius 3 is 2.93 bits per heavy atom. The molecule has 1 unspecified atom stereocenters. The van der Waals surface area contributed by atoms with Crippen LogP contribution in [0.2, 0.25) is 0 Å². The molecule has 0 saturated heterocycles. The van der Waals surface area contributed by atoms with E-state index in [1.807, 2.05) is 13.8 Å². The number of carbonyl (C=O) groups is 1. The van der Waals surface area contributed by atoms with Gasteiger partial charge in [0.25, 0.3) is 0 Å². The first-order valence-electron chi connectivity index (χ1n) is 4.86. The molecule has 1 atom stereocenters. The Bertz CT molecular complexity index is 306. The van der Waals surface area contributed by atoms with Crippen LogP contribution in [0.4, 0.5) is 0 Å². The van der Waals surface area contributed by atoms with Gasteiger partial charge in [-0.1, -0.05) is 12.1 Å². The molecule has 6 nitrogen and oxygen atoms in total. The highest BCUT2D eigenvalue weighted by Crippen LogP contribution is 2.18. The summed E-state index contributed by atoms with van der Waals surface area (Å²) in [4.78, 5) is 15.5. The Labute approximate surface area is 88.2 Å². The standard InChI is InChI=1S/C9H16N4O2/c1-3-9(2,5-10)8(14)11-4-7-12-6-15-13-7/h6H,3-5,10H2,1-2H3,(H,11,14). The Hall–Kier alpha value is -1.43. The molecular formula is C9H16N4O2. The van der Waals surface area contributed by atoms with Gasteiger partial charge < -0.3 is 15.6 Å². The molecule has 0 aromatic carbocycles.